The Morgan fingerprint density at radius 2 is 2.46 bits per heavy atom. The molecule has 13 heavy (non-hydrogen) atoms. The van der Waals surface area contributed by atoms with Gasteiger partial charge in [0.2, 0.25) is 0 Å². The van der Waals surface area contributed by atoms with Crippen LogP contribution in [0.3, 0.4) is 0 Å². The summed E-state index contributed by atoms with van der Waals surface area (Å²) in [6.45, 7) is 2.02. The van der Waals surface area contributed by atoms with E-state index in [4.69, 9.17) is 0 Å². The summed E-state index contributed by atoms with van der Waals surface area (Å²) in [6.07, 6.45) is 3.61. The van der Waals surface area contributed by atoms with Crippen molar-refractivity contribution in [3.05, 3.63) is 23.4 Å². The minimum Gasteiger partial charge on any atom is -0.349 e. The van der Waals surface area contributed by atoms with E-state index < -0.39 is 0 Å². The van der Waals surface area contributed by atoms with Gasteiger partial charge in [0.25, 0.3) is 0 Å². The van der Waals surface area contributed by atoms with Crippen LogP contribution in [0.1, 0.15) is 11.1 Å². The molecule has 0 N–H and O–H groups in total. The Morgan fingerprint density at radius 3 is 3.15 bits per heavy atom. The standard InChI is InChI=1S/C10H12N2O/c1-7-3-8-4-9(6-13)12(2)10(8)11-5-7/h3,5-6,9H,4H2,1-2H3. The van der Waals surface area contributed by atoms with E-state index in [9.17, 15) is 4.79 Å². The average Bonchev–Trinajstić information content (AvgIpc) is 2.42. The number of pyridine rings is 1. The predicted octanol–water partition coefficient (Wildman–Crippen LogP) is 0.950. The molecule has 1 aromatic rings. The lowest BCUT2D eigenvalue weighted by molar-refractivity contribution is -0.108. The highest BCUT2D eigenvalue weighted by molar-refractivity contribution is 5.71. The fourth-order valence-electron chi connectivity index (χ4n) is 1.75. The molecule has 0 aromatic carbocycles. The van der Waals surface area contributed by atoms with Gasteiger partial charge in [-0.2, -0.15) is 0 Å². The lowest BCUT2D eigenvalue weighted by Crippen LogP contribution is -2.29. The molecule has 0 saturated heterocycles. The summed E-state index contributed by atoms with van der Waals surface area (Å²) in [4.78, 5) is 16.9. The number of hydrogen-bond donors (Lipinski definition) is 0. The highest BCUT2D eigenvalue weighted by atomic mass is 16.1. The van der Waals surface area contributed by atoms with E-state index in [0.717, 1.165) is 24.1 Å². The number of aryl methyl sites for hydroxylation is 1. The van der Waals surface area contributed by atoms with Gasteiger partial charge in [-0.05, 0) is 18.1 Å². The Balaban J connectivity index is 2.43. The van der Waals surface area contributed by atoms with Crippen LogP contribution in [-0.4, -0.2) is 24.4 Å². The van der Waals surface area contributed by atoms with Gasteiger partial charge >= 0.3 is 0 Å². The second kappa shape index (κ2) is 2.83. The van der Waals surface area contributed by atoms with Gasteiger partial charge in [-0.25, -0.2) is 4.98 Å². The van der Waals surface area contributed by atoms with Crippen LogP contribution < -0.4 is 4.90 Å². The molecule has 2 rings (SSSR count). The fourth-order valence-corrected chi connectivity index (χ4v) is 1.75. The van der Waals surface area contributed by atoms with E-state index in [0.29, 0.717) is 0 Å². The van der Waals surface area contributed by atoms with E-state index >= 15 is 0 Å². The number of anilines is 1. The first-order chi connectivity index (χ1) is 6.22. The third kappa shape index (κ3) is 1.20. The number of hydrogen-bond acceptors (Lipinski definition) is 3. The maximum absolute atomic E-state index is 10.7. The molecular formula is C10H12N2O. The Kier molecular flexibility index (Phi) is 1.79. The van der Waals surface area contributed by atoms with Crippen molar-refractivity contribution >= 4 is 12.1 Å². The SMILES string of the molecule is Cc1cnc2c(c1)CC(C=O)N2C. The monoisotopic (exact) mass is 176 g/mol. The summed E-state index contributed by atoms with van der Waals surface area (Å²) in [5.74, 6) is 0.947. The summed E-state index contributed by atoms with van der Waals surface area (Å²) >= 11 is 0. The lowest BCUT2D eigenvalue weighted by Gasteiger charge is -2.15. The maximum Gasteiger partial charge on any atom is 0.142 e. The van der Waals surface area contributed by atoms with Crippen molar-refractivity contribution in [2.45, 2.75) is 19.4 Å². The van der Waals surface area contributed by atoms with Crippen LogP contribution in [0.4, 0.5) is 5.82 Å². The first kappa shape index (κ1) is 8.23. The van der Waals surface area contributed by atoms with Crippen molar-refractivity contribution in [2.24, 2.45) is 0 Å². The zero-order valence-electron chi connectivity index (χ0n) is 7.82. The quantitative estimate of drug-likeness (QED) is 0.597. The highest BCUT2D eigenvalue weighted by Gasteiger charge is 2.26. The molecule has 1 aliphatic heterocycles. The molecule has 2 heterocycles. The average molecular weight is 176 g/mol. The number of fused-ring (bicyclic) bond motifs is 1. The smallest absolute Gasteiger partial charge is 0.142 e. The van der Waals surface area contributed by atoms with Crippen molar-refractivity contribution in [1.82, 2.24) is 4.98 Å². The predicted molar refractivity (Wildman–Crippen MR) is 50.9 cm³/mol. The summed E-state index contributed by atoms with van der Waals surface area (Å²) in [5, 5.41) is 0. The van der Waals surface area contributed by atoms with E-state index in [1.54, 1.807) is 0 Å². The third-order valence-corrected chi connectivity index (χ3v) is 2.50. The number of rotatable bonds is 1. The second-order valence-electron chi connectivity index (χ2n) is 3.51. The number of nitrogens with zero attached hydrogens (tertiary/aromatic N) is 2. The minimum absolute atomic E-state index is 0.0238. The Bertz CT molecular complexity index is 349. The van der Waals surface area contributed by atoms with Crippen LogP contribution in [0.2, 0.25) is 0 Å². The fraction of sp³-hybridized carbons (Fsp3) is 0.400. The van der Waals surface area contributed by atoms with Gasteiger partial charge in [-0.15, -0.1) is 0 Å². The molecule has 0 saturated carbocycles. The molecule has 68 valence electrons. The normalized spacial score (nSPS) is 20.2. The van der Waals surface area contributed by atoms with Crippen molar-refractivity contribution in [3.63, 3.8) is 0 Å². The topological polar surface area (TPSA) is 33.2 Å². The van der Waals surface area contributed by atoms with Crippen LogP contribution in [0.5, 0.6) is 0 Å². The largest absolute Gasteiger partial charge is 0.349 e. The van der Waals surface area contributed by atoms with Crippen LogP contribution >= 0.6 is 0 Å². The summed E-state index contributed by atoms with van der Waals surface area (Å²) in [6, 6.07) is 2.08. The van der Waals surface area contributed by atoms with Gasteiger partial charge in [-0.1, -0.05) is 6.07 Å². The first-order valence-corrected chi connectivity index (χ1v) is 4.36. The number of likely N-dealkylation sites (N-methyl/N-ethyl adjacent to an activating group) is 1. The second-order valence-corrected chi connectivity index (χ2v) is 3.51. The molecule has 0 radical (unpaired) electrons. The van der Waals surface area contributed by atoms with Gasteiger partial charge in [-0.3, -0.25) is 0 Å². The maximum atomic E-state index is 10.7. The minimum atomic E-state index is -0.0238. The zero-order chi connectivity index (χ0) is 9.42. The van der Waals surface area contributed by atoms with E-state index in [1.165, 1.54) is 5.56 Å². The van der Waals surface area contributed by atoms with Crippen LogP contribution in [0.15, 0.2) is 12.3 Å². The Morgan fingerprint density at radius 1 is 1.69 bits per heavy atom. The molecule has 1 aromatic heterocycles. The molecule has 0 bridgehead atoms. The van der Waals surface area contributed by atoms with E-state index in [1.807, 2.05) is 25.1 Å². The van der Waals surface area contributed by atoms with Crippen LogP contribution in [0.25, 0.3) is 0 Å². The molecule has 1 aliphatic rings. The van der Waals surface area contributed by atoms with Crippen LogP contribution in [-0.2, 0) is 11.2 Å². The van der Waals surface area contributed by atoms with Gasteiger partial charge in [0.05, 0.1) is 6.04 Å². The highest BCUT2D eigenvalue weighted by Crippen LogP contribution is 2.27. The van der Waals surface area contributed by atoms with Gasteiger partial charge in [0.1, 0.15) is 12.1 Å². The van der Waals surface area contributed by atoms with Crippen LogP contribution in [0, 0.1) is 6.92 Å². The van der Waals surface area contributed by atoms with E-state index in [2.05, 4.69) is 11.1 Å². The molecule has 3 nitrogen and oxygen atoms in total. The summed E-state index contributed by atoms with van der Waals surface area (Å²) in [5.41, 5.74) is 2.33. The molecule has 0 aliphatic carbocycles. The number of aromatic nitrogens is 1. The summed E-state index contributed by atoms with van der Waals surface area (Å²) < 4.78 is 0. The molecule has 3 heteroatoms. The molecule has 0 fully saturated rings. The molecular weight excluding hydrogens is 164 g/mol. The number of carbonyl (C=O) groups excluding carboxylic acids is 1. The third-order valence-electron chi connectivity index (χ3n) is 2.50. The molecule has 1 atom stereocenters. The number of carbonyl (C=O) groups is 1. The van der Waals surface area contributed by atoms with Gasteiger partial charge in [0.15, 0.2) is 0 Å². The Labute approximate surface area is 77.4 Å². The van der Waals surface area contributed by atoms with Crippen molar-refractivity contribution in [2.75, 3.05) is 11.9 Å². The molecule has 1 unspecified atom stereocenters. The zero-order valence-corrected chi connectivity index (χ0v) is 7.82. The Hall–Kier alpha value is -1.38. The van der Waals surface area contributed by atoms with E-state index in [-0.39, 0.29) is 6.04 Å². The molecule has 0 spiro atoms. The van der Waals surface area contributed by atoms with Crippen molar-refractivity contribution in [1.29, 1.82) is 0 Å². The molecule has 0 amide bonds. The first-order valence-electron chi connectivity index (χ1n) is 4.36. The van der Waals surface area contributed by atoms with Crippen molar-refractivity contribution in [3.8, 4) is 0 Å². The number of aldehydes is 1. The lowest BCUT2D eigenvalue weighted by atomic mass is 10.1. The van der Waals surface area contributed by atoms with Crippen molar-refractivity contribution < 1.29 is 4.79 Å². The van der Waals surface area contributed by atoms with Gasteiger partial charge < -0.3 is 9.69 Å². The summed E-state index contributed by atoms with van der Waals surface area (Å²) in [7, 11) is 1.91. The van der Waals surface area contributed by atoms with Gasteiger partial charge in [0, 0.05) is 19.7 Å².